The van der Waals surface area contributed by atoms with Crippen molar-refractivity contribution in [3.05, 3.63) is 35.9 Å². The zero-order valence-corrected chi connectivity index (χ0v) is 9.65. The Morgan fingerprint density at radius 1 is 1.25 bits per heavy atom. The fourth-order valence-electron chi connectivity index (χ4n) is 2.70. The molecule has 3 rings (SSSR count). The van der Waals surface area contributed by atoms with Crippen LogP contribution in [-0.2, 0) is 0 Å². The molecule has 2 nitrogen and oxygen atoms in total. The molecular weight excluding hydrogens is 196 g/mol. The molecule has 1 aromatic rings. The molecule has 1 saturated heterocycles. The van der Waals surface area contributed by atoms with Gasteiger partial charge in [0.05, 0.1) is 0 Å². The quantitative estimate of drug-likeness (QED) is 0.801. The highest BCUT2D eigenvalue weighted by atomic mass is 15.0. The van der Waals surface area contributed by atoms with Crippen LogP contribution in [0.3, 0.4) is 0 Å². The zero-order chi connectivity index (χ0) is 10.8. The van der Waals surface area contributed by atoms with Crippen LogP contribution >= 0.6 is 0 Å². The van der Waals surface area contributed by atoms with E-state index >= 15 is 0 Å². The van der Waals surface area contributed by atoms with E-state index < -0.39 is 0 Å². The van der Waals surface area contributed by atoms with Gasteiger partial charge in [-0.3, -0.25) is 0 Å². The van der Waals surface area contributed by atoms with Crippen LogP contribution < -0.4 is 10.6 Å². The predicted octanol–water partition coefficient (Wildman–Crippen LogP) is 1.74. The van der Waals surface area contributed by atoms with Crippen molar-refractivity contribution in [1.82, 2.24) is 10.6 Å². The van der Waals surface area contributed by atoms with Crippen LogP contribution in [0.25, 0.3) is 0 Å². The minimum absolute atomic E-state index is 0.739. The smallest absolute Gasteiger partial charge is 0.0143 e. The number of benzene rings is 1. The molecular formula is C14H20N2. The van der Waals surface area contributed by atoms with Gasteiger partial charge in [-0.2, -0.15) is 0 Å². The monoisotopic (exact) mass is 216 g/mol. The molecule has 0 unspecified atom stereocenters. The van der Waals surface area contributed by atoms with Crippen molar-refractivity contribution in [3.8, 4) is 0 Å². The molecule has 86 valence electrons. The third kappa shape index (κ3) is 2.28. The van der Waals surface area contributed by atoms with E-state index in [4.69, 9.17) is 0 Å². The lowest BCUT2D eigenvalue weighted by Crippen LogP contribution is -2.26. The van der Waals surface area contributed by atoms with Gasteiger partial charge in [-0.25, -0.2) is 0 Å². The van der Waals surface area contributed by atoms with Gasteiger partial charge in [-0.05, 0) is 44.0 Å². The Morgan fingerprint density at radius 3 is 2.88 bits per heavy atom. The maximum Gasteiger partial charge on any atom is 0.0143 e. The van der Waals surface area contributed by atoms with E-state index in [1.807, 2.05) is 0 Å². The Hall–Kier alpha value is -0.860. The molecule has 2 aliphatic rings. The van der Waals surface area contributed by atoms with E-state index in [1.54, 1.807) is 0 Å². The summed E-state index contributed by atoms with van der Waals surface area (Å²) in [5, 5.41) is 7.13. The molecule has 0 amide bonds. The summed E-state index contributed by atoms with van der Waals surface area (Å²) in [5.41, 5.74) is 1.50. The lowest BCUT2D eigenvalue weighted by atomic mass is 10.1. The normalized spacial score (nSPS) is 32.9. The van der Waals surface area contributed by atoms with Crippen LogP contribution in [0, 0.1) is 5.92 Å². The maximum absolute atomic E-state index is 3.71. The van der Waals surface area contributed by atoms with Gasteiger partial charge in [-0.15, -0.1) is 0 Å². The molecule has 3 atom stereocenters. The Labute approximate surface area is 97.4 Å². The predicted molar refractivity (Wildman–Crippen MR) is 66.6 cm³/mol. The lowest BCUT2D eigenvalue weighted by molar-refractivity contribution is 0.507. The third-order valence-corrected chi connectivity index (χ3v) is 3.85. The highest BCUT2D eigenvalue weighted by Crippen LogP contribution is 2.40. The second kappa shape index (κ2) is 4.56. The van der Waals surface area contributed by atoms with Crippen LogP contribution in [0.1, 0.15) is 24.3 Å². The first-order valence-corrected chi connectivity index (χ1v) is 6.42. The summed E-state index contributed by atoms with van der Waals surface area (Å²) in [5.74, 6) is 1.63. The van der Waals surface area contributed by atoms with Gasteiger partial charge in [0.2, 0.25) is 0 Å². The van der Waals surface area contributed by atoms with Crippen molar-refractivity contribution in [2.45, 2.75) is 24.8 Å². The number of rotatable bonds is 4. The van der Waals surface area contributed by atoms with Crippen LogP contribution in [0.5, 0.6) is 0 Å². The Balaban J connectivity index is 1.46. The van der Waals surface area contributed by atoms with Gasteiger partial charge in [0.15, 0.2) is 0 Å². The maximum atomic E-state index is 3.71. The van der Waals surface area contributed by atoms with Crippen LogP contribution in [0.4, 0.5) is 0 Å². The second-order valence-electron chi connectivity index (χ2n) is 5.13. The van der Waals surface area contributed by atoms with Crippen LogP contribution in [0.15, 0.2) is 30.3 Å². The molecule has 0 radical (unpaired) electrons. The average Bonchev–Trinajstić information content (AvgIpc) is 2.93. The summed E-state index contributed by atoms with van der Waals surface area (Å²) < 4.78 is 0. The summed E-state index contributed by atoms with van der Waals surface area (Å²) in [6.07, 6.45) is 2.67. The molecule has 1 aromatic carbocycles. The van der Waals surface area contributed by atoms with Crippen molar-refractivity contribution < 1.29 is 0 Å². The first-order valence-electron chi connectivity index (χ1n) is 6.42. The first-order chi connectivity index (χ1) is 7.93. The molecule has 0 aromatic heterocycles. The molecule has 2 N–H and O–H groups in total. The highest BCUT2D eigenvalue weighted by molar-refractivity contribution is 5.27. The average molecular weight is 216 g/mol. The summed E-state index contributed by atoms with van der Waals surface area (Å²) in [7, 11) is 0. The Morgan fingerprint density at radius 2 is 2.12 bits per heavy atom. The second-order valence-corrected chi connectivity index (χ2v) is 5.13. The molecule has 2 fully saturated rings. The molecule has 2 heteroatoms. The molecule has 1 saturated carbocycles. The zero-order valence-electron chi connectivity index (χ0n) is 9.65. The third-order valence-electron chi connectivity index (χ3n) is 3.85. The largest absolute Gasteiger partial charge is 0.316 e. The van der Waals surface area contributed by atoms with Crippen LogP contribution in [0.2, 0.25) is 0 Å². The van der Waals surface area contributed by atoms with Gasteiger partial charge in [-0.1, -0.05) is 30.3 Å². The number of nitrogens with one attached hydrogen (secondary N) is 2. The van der Waals surface area contributed by atoms with Crippen molar-refractivity contribution in [2.75, 3.05) is 19.6 Å². The lowest BCUT2D eigenvalue weighted by Gasteiger charge is -2.09. The Kier molecular flexibility index (Phi) is 2.94. The van der Waals surface area contributed by atoms with Crippen molar-refractivity contribution in [1.29, 1.82) is 0 Å². The summed E-state index contributed by atoms with van der Waals surface area (Å²) in [4.78, 5) is 0. The number of hydrogen-bond acceptors (Lipinski definition) is 2. The van der Waals surface area contributed by atoms with E-state index in [0.29, 0.717) is 0 Å². The highest BCUT2D eigenvalue weighted by Gasteiger charge is 2.37. The van der Waals surface area contributed by atoms with Gasteiger partial charge < -0.3 is 10.6 Å². The fourth-order valence-corrected chi connectivity index (χ4v) is 2.70. The molecule has 1 aliphatic carbocycles. The number of hydrogen-bond donors (Lipinski definition) is 2. The summed E-state index contributed by atoms with van der Waals surface area (Å²) in [6.45, 7) is 3.61. The van der Waals surface area contributed by atoms with E-state index in [0.717, 1.165) is 17.9 Å². The van der Waals surface area contributed by atoms with E-state index in [2.05, 4.69) is 41.0 Å². The molecule has 1 heterocycles. The topological polar surface area (TPSA) is 24.1 Å². The first kappa shape index (κ1) is 10.3. The van der Waals surface area contributed by atoms with Crippen molar-refractivity contribution in [2.24, 2.45) is 5.92 Å². The van der Waals surface area contributed by atoms with Gasteiger partial charge in [0.25, 0.3) is 0 Å². The van der Waals surface area contributed by atoms with Gasteiger partial charge in [0.1, 0.15) is 0 Å². The van der Waals surface area contributed by atoms with E-state index in [9.17, 15) is 0 Å². The van der Waals surface area contributed by atoms with Gasteiger partial charge >= 0.3 is 0 Å². The molecule has 16 heavy (non-hydrogen) atoms. The molecule has 0 spiro atoms. The van der Waals surface area contributed by atoms with Gasteiger partial charge in [0, 0.05) is 12.0 Å². The SMILES string of the molecule is c1ccc([C@H]2C[C@@H]2NC[C@@H]2CCNC2)cc1. The fraction of sp³-hybridized carbons (Fsp3) is 0.571. The standard InChI is InChI=1S/C14H20N2/c1-2-4-12(5-3-1)13-8-14(13)16-10-11-6-7-15-9-11/h1-5,11,13-16H,6-10H2/t11-,13-,14+/m1/s1. The van der Waals surface area contributed by atoms with Crippen LogP contribution in [-0.4, -0.2) is 25.7 Å². The minimum atomic E-state index is 0.739. The molecule has 0 bridgehead atoms. The Bertz CT molecular complexity index is 330. The summed E-state index contributed by atoms with van der Waals surface area (Å²) >= 11 is 0. The van der Waals surface area contributed by atoms with Crippen molar-refractivity contribution >= 4 is 0 Å². The minimum Gasteiger partial charge on any atom is -0.316 e. The molecule has 1 aliphatic heterocycles. The van der Waals surface area contributed by atoms with Crippen molar-refractivity contribution in [3.63, 3.8) is 0 Å². The summed E-state index contributed by atoms with van der Waals surface area (Å²) in [6, 6.07) is 11.6. The van der Waals surface area contributed by atoms with E-state index in [1.165, 1.54) is 38.0 Å². The van der Waals surface area contributed by atoms with E-state index in [-0.39, 0.29) is 0 Å².